The van der Waals surface area contributed by atoms with Gasteiger partial charge in [0.15, 0.2) is 0 Å². The van der Waals surface area contributed by atoms with Gasteiger partial charge in [0.2, 0.25) is 5.91 Å². The summed E-state index contributed by atoms with van der Waals surface area (Å²) in [6.07, 6.45) is 4.71. The van der Waals surface area contributed by atoms with E-state index in [0.29, 0.717) is 6.04 Å². The minimum absolute atomic E-state index is 0.0508. The third-order valence-electron chi connectivity index (χ3n) is 5.02. The maximum Gasteiger partial charge on any atom is 0.244 e. The fraction of sp³-hybridized carbons (Fsp3) is 0.706. The van der Waals surface area contributed by atoms with E-state index in [-0.39, 0.29) is 12.1 Å². The number of rotatable bonds is 5. The molecule has 0 aromatic carbocycles. The average molecular weight is 306 g/mol. The van der Waals surface area contributed by atoms with Gasteiger partial charge in [-0.15, -0.1) is 11.3 Å². The second-order valence-electron chi connectivity index (χ2n) is 6.92. The van der Waals surface area contributed by atoms with Crippen LogP contribution in [-0.4, -0.2) is 22.4 Å². The van der Waals surface area contributed by atoms with Crippen LogP contribution in [0, 0.1) is 12.8 Å². The van der Waals surface area contributed by atoms with E-state index >= 15 is 0 Å². The fourth-order valence-corrected chi connectivity index (χ4v) is 4.23. The molecule has 3 atom stereocenters. The molecule has 1 amide bonds. The van der Waals surface area contributed by atoms with Gasteiger partial charge in [0.05, 0.1) is 5.54 Å². The molecule has 21 heavy (non-hydrogen) atoms. The number of carbonyl (C=O) groups is 1. The molecule has 1 saturated heterocycles. The van der Waals surface area contributed by atoms with Crippen LogP contribution < -0.4 is 5.32 Å². The Labute approximate surface area is 131 Å². The monoisotopic (exact) mass is 306 g/mol. The lowest BCUT2D eigenvalue weighted by molar-refractivity contribution is -0.135. The van der Waals surface area contributed by atoms with Crippen LogP contribution in [0.2, 0.25) is 0 Å². The van der Waals surface area contributed by atoms with Crippen LogP contribution in [0.25, 0.3) is 0 Å². The molecule has 2 aliphatic rings. The lowest BCUT2D eigenvalue weighted by Crippen LogP contribution is -2.44. The molecule has 0 spiro atoms. The summed E-state index contributed by atoms with van der Waals surface area (Å²) in [5, 5.41) is 3.61. The number of hydrogen-bond acceptors (Lipinski definition) is 3. The molecule has 1 aromatic heterocycles. The van der Waals surface area contributed by atoms with Crippen molar-refractivity contribution in [3.05, 3.63) is 21.9 Å². The summed E-state index contributed by atoms with van der Waals surface area (Å²) in [5.74, 6) is 1.11. The van der Waals surface area contributed by atoms with Gasteiger partial charge in [-0.3, -0.25) is 10.1 Å². The molecular formula is C17H26N2OS. The molecule has 4 heteroatoms. The standard InChI is InChI=1S/C17H26N2OS/c1-5-17(4)16(20)19(11(2)10-13-7-8-13)15(18-17)14-9-6-12(3)21-14/h6,9,11,13,15,18H,5,7-8,10H2,1-4H3. The van der Waals surface area contributed by atoms with Gasteiger partial charge in [0, 0.05) is 15.8 Å². The number of hydrogen-bond donors (Lipinski definition) is 1. The van der Waals surface area contributed by atoms with E-state index in [1.807, 2.05) is 6.92 Å². The number of aryl methyl sites for hydroxylation is 1. The highest BCUT2D eigenvalue weighted by molar-refractivity contribution is 7.12. The molecule has 0 bridgehead atoms. The lowest BCUT2D eigenvalue weighted by Gasteiger charge is -2.30. The summed E-state index contributed by atoms with van der Waals surface area (Å²) >= 11 is 1.80. The van der Waals surface area contributed by atoms with E-state index in [9.17, 15) is 4.79 Å². The first kappa shape index (κ1) is 15.0. The Morgan fingerprint density at radius 3 is 2.71 bits per heavy atom. The second-order valence-corrected chi connectivity index (χ2v) is 8.24. The van der Waals surface area contributed by atoms with Gasteiger partial charge in [-0.1, -0.05) is 19.8 Å². The van der Waals surface area contributed by atoms with Gasteiger partial charge in [0.1, 0.15) is 6.17 Å². The highest BCUT2D eigenvalue weighted by Crippen LogP contribution is 2.41. The van der Waals surface area contributed by atoms with Crippen molar-refractivity contribution >= 4 is 17.2 Å². The molecule has 0 radical (unpaired) electrons. The number of nitrogens with one attached hydrogen (secondary N) is 1. The molecule has 2 fully saturated rings. The van der Waals surface area contributed by atoms with Crippen molar-refractivity contribution in [2.75, 3.05) is 0 Å². The van der Waals surface area contributed by atoms with E-state index in [1.54, 1.807) is 11.3 Å². The molecule has 3 nitrogen and oxygen atoms in total. The number of nitrogens with zero attached hydrogens (tertiary/aromatic N) is 1. The Morgan fingerprint density at radius 1 is 1.48 bits per heavy atom. The predicted octanol–water partition coefficient (Wildman–Crippen LogP) is 3.84. The first-order valence-corrected chi connectivity index (χ1v) is 8.93. The smallest absolute Gasteiger partial charge is 0.244 e. The highest BCUT2D eigenvalue weighted by atomic mass is 32.1. The molecule has 1 aromatic rings. The number of carbonyl (C=O) groups excluding carboxylic acids is 1. The molecule has 1 N–H and O–H groups in total. The maximum atomic E-state index is 13.0. The third-order valence-corrected chi connectivity index (χ3v) is 6.08. The van der Waals surface area contributed by atoms with Crippen LogP contribution in [0.3, 0.4) is 0 Å². The van der Waals surface area contributed by atoms with Crippen molar-refractivity contribution < 1.29 is 4.79 Å². The minimum atomic E-state index is -0.416. The first-order valence-electron chi connectivity index (χ1n) is 8.11. The van der Waals surface area contributed by atoms with Crippen molar-refractivity contribution in [3.8, 4) is 0 Å². The summed E-state index contributed by atoms with van der Waals surface area (Å²) < 4.78 is 0. The van der Waals surface area contributed by atoms with Crippen LogP contribution in [0.4, 0.5) is 0 Å². The molecule has 2 heterocycles. The van der Waals surface area contributed by atoms with E-state index in [4.69, 9.17) is 0 Å². The van der Waals surface area contributed by atoms with Crippen molar-refractivity contribution in [2.24, 2.45) is 5.92 Å². The predicted molar refractivity (Wildman–Crippen MR) is 87.3 cm³/mol. The number of amides is 1. The lowest BCUT2D eigenvalue weighted by atomic mass is 9.98. The minimum Gasteiger partial charge on any atom is -0.318 e. The fourth-order valence-electron chi connectivity index (χ4n) is 3.30. The summed E-state index contributed by atoms with van der Waals surface area (Å²) in [7, 11) is 0. The highest BCUT2D eigenvalue weighted by Gasteiger charge is 2.49. The van der Waals surface area contributed by atoms with Crippen molar-refractivity contribution in [1.29, 1.82) is 0 Å². The van der Waals surface area contributed by atoms with Gasteiger partial charge in [-0.05, 0) is 51.7 Å². The first-order chi connectivity index (χ1) is 9.94. The Morgan fingerprint density at radius 2 is 2.19 bits per heavy atom. The third kappa shape index (κ3) is 2.76. The molecular weight excluding hydrogens is 280 g/mol. The van der Waals surface area contributed by atoms with Gasteiger partial charge >= 0.3 is 0 Å². The Kier molecular flexibility index (Phi) is 3.87. The van der Waals surface area contributed by atoms with E-state index in [0.717, 1.165) is 18.8 Å². The zero-order valence-corrected chi connectivity index (χ0v) is 14.3. The molecule has 1 aliphatic heterocycles. The van der Waals surface area contributed by atoms with Crippen molar-refractivity contribution in [2.45, 2.75) is 71.1 Å². The van der Waals surface area contributed by atoms with Gasteiger partial charge < -0.3 is 4.90 Å². The number of thiophene rings is 1. The summed E-state index contributed by atoms with van der Waals surface area (Å²) in [6, 6.07) is 4.64. The quantitative estimate of drug-likeness (QED) is 0.896. The Balaban J connectivity index is 1.88. The molecule has 116 valence electrons. The zero-order chi connectivity index (χ0) is 15.2. The van der Waals surface area contributed by atoms with Gasteiger partial charge in [0.25, 0.3) is 0 Å². The summed E-state index contributed by atoms with van der Waals surface area (Å²) in [5.41, 5.74) is -0.416. The zero-order valence-electron chi connectivity index (χ0n) is 13.5. The van der Waals surface area contributed by atoms with E-state index in [2.05, 4.69) is 43.1 Å². The van der Waals surface area contributed by atoms with E-state index in [1.165, 1.54) is 22.6 Å². The Hall–Kier alpha value is -0.870. The summed E-state index contributed by atoms with van der Waals surface area (Å²) in [4.78, 5) is 17.6. The van der Waals surface area contributed by atoms with Gasteiger partial charge in [-0.2, -0.15) is 0 Å². The average Bonchev–Trinajstić information content (AvgIpc) is 3.08. The maximum absolute atomic E-state index is 13.0. The second kappa shape index (κ2) is 5.40. The SMILES string of the molecule is CCC1(C)NC(c2ccc(C)s2)N(C(C)CC2CC2)C1=O. The molecule has 1 aliphatic carbocycles. The van der Waals surface area contributed by atoms with E-state index < -0.39 is 5.54 Å². The van der Waals surface area contributed by atoms with Crippen molar-refractivity contribution in [1.82, 2.24) is 10.2 Å². The molecule has 3 rings (SSSR count). The largest absolute Gasteiger partial charge is 0.318 e. The Bertz CT molecular complexity index is 537. The van der Waals surface area contributed by atoms with Crippen molar-refractivity contribution in [3.63, 3.8) is 0 Å². The summed E-state index contributed by atoms with van der Waals surface area (Å²) in [6.45, 7) is 8.48. The normalized spacial score (nSPS) is 31.0. The van der Waals surface area contributed by atoms with Crippen LogP contribution in [-0.2, 0) is 4.79 Å². The van der Waals surface area contributed by atoms with Crippen LogP contribution in [0.1, 0.15) is 62.4 Å². The topological polar surface area (TPSA) is 32.3 Å². The van der Waals surface area contributed by atoms with Crippen LogP contribution in [0.15, 0.2) is 12.1 Å². The molecule has 1 saturated carbocycles. The van der Waals surface area contributed by atoms with Crippen LogP contribution in [0.5, 0.6) is 0 Å². The van der Waals surface area contributed by atoms with Gasteiger partial charge in [-0.25, -0.2) is 0 Å². The van der Waals surface area contributed by atoms with Crippen LogP contribution >= 0.6 is 11.3 Å². The molecule has 3 unspecified atom stereocenters.